The minimum Gasteiger partial charge on any atom is -0.347 e. The van der Waals surface area contributed by atoms with Crippen LogP contribution in [0.4, 0.5) is 0 Å². The summed E-state index contributed by atoms with van der Waals surface area (Å²) in [6, 6.07) is 21.1. The quantitative estimate of drug-likeness (QED) is 0.601. The normalized spacial score (nSPS) is 12.6. The van der Waals surface area contributed by atoms with Gasteiger partial charge >= 0.3 is 0 Å². The molecule has 0 radical (unpaired) electrons. The molecule has 0 saturated carbocycles. The Labute approximate surface area is 122 Å². The van der Waals surface area contributed by atoms with E-state index >= 15 is 0 Å². The number of nitrogens with one attached hydrogen (secondary N) is 1. The van der Waals surface area contributed by atoms with Crippen molar-refractivity contribution in [3.63, 3.8) is 0 Å². The molecule has 0 aliphatic rings. The molecule has 0 fully saturated rings. The van der Waals surface area contributed by atoms with Gasteiger partial charge in [0.15, 0.2) is 0 Å². The van der Waals surface area contributed by atoms with Crippen molar-refractivity contribution in [3.8, 4) is 0 Å². The molecule has 1 N–H and O–H groups in total. The summed E-state index contributed by atoms with van der Waals surface area (Å²) < 4.78 is 2.27. The second-order valence-corrected chi connectivity index (χ2v) is 5.07. The maximum Gasteiger partial charge on any atom is 0.133 e. The third kappa shape index (κ3) is 2.03. The largest absolute Gasteiger partial charge is 0.347 e. The summed E-state index contributed by atoms with van der Waals surface area (Å²) in [6.45, 7) is 0. The summed E-state index contributed by atoms with van der Waals surface area (Å²) >= 11 is 0. The van der Waals surface area contributed by atoms with Gasteiger partial charge < -0.3 is 9.55 Å². The molecule has 0 amide bonds. The van der Waals surface area contributed by atoms with Crippen LogP contribution in [0, 0.1) is 0 Å². The minimum atomic E-state index is 0.0566. The van der Waals surface area contributed by atoms with Crippen LogP contribution in [-0.4, -0.2) is 14.5 Å². The summed E-state index contributed by atoms with van der Waals surface area (Å²) in [7, 11) is 0. The smallest absolute Gasteiger partial charge is 0.133 e. The Bertz CT molecular complexity index is 844. The molecule has 0 saturated heterocycles. The summed E-state index contributed by atoms with van der Waals surface area (Å²) in [4.78, 5) is 7.74. The maximum atomic E-state index is 4.48. The first kappa shape index (κ1) is 12.0. The third-order valence-corrected chi connectivity index (χ3v) is 3.80. The number of nitrogens with zero attached hydrogens (tertiary/aromatic N) is 2. The Kier molecular flexibility index (Phi) is 2.82. The van der Waals surface area contributed by atoms with Crippen LogP contribution < -0.4 is 0 Å². The lowest BCUT2D eigenvalue weighted by Crippen LogP contribution is -2.12. The van der Waals surface area contributed by atoms with Crippen LogP contribution >= 0.6 is 0 Å². The Hall–Kier alpha value is -2.81. The van der Waals surface area contributed by atoms with E-state index in [1.807, 2.05) is 12.3 Å². The number of benzene rings is 2. The van der Waals surface area contributed by atoms with E-state index in [-0.39, 0.29) is 6.04 Å². The zero-order valence-corrected chi connectivity index (χ0v) is 11.5. The van der Waals surface area contributed by atoms with E-state index in [9.17, 15) is 0 Å². The molecule has 4 rings (SSSR count). The number of para-hydroxylation sites is 1. The summed E-state index contributed by atoms with van der Waals surface area (Å²) in [5, 5.41) is 1.24. The van der Waals surface area contributed by atoms with Gasteiger partial charge in [-0.3, -0.25) is 0 Å². The van der Waals surface area contributed by atoms with E-state index in [2.05, 4.69) is 75.3 Å². The van der Waals surface area contributed by atoms with E-state index in [0.717, 1.165) is 5.82 Å². The second-order valence-electron chi connectivity index (χ2n) is 5.07. The van der Waals surface area contributed by atoms with Gasteiger partial charge in [-0.05, 0) is 23.1 Å². The molecule has 3 heteroatoms. The molecular weight excluding hydrogens is 258 g/mol. The summed E-state index contributed by atoms with van der Waals surface area (Å²) in [6.07, 6.45) is 5.80. The number of aromatic amines is 1. The summed E-state index contributed by atoms with van der Waals surface area (Å²) in [5.74, 6) is 0.947. The zero-order valence-electron chi connectivity index (χ0n) is 11.5. The van der Waals surface area contributed by atoms with Gasteiger partial charge in [-0.15, -0.1) is 0 Å². The molecule has 2 aromatic heterocycles. The van der Waals surface area contributed by atoms with Gasteiger partial charge in [0.25, 0.3) is 0 Å². The van der Waals surface area contributed by atoms with Crippen LogP contribution in [0.1, 0.15) is 17.4 Å². The number of rotatable bonds is 3. The second kappa shape index (κ2) is 4.94. The van der Waals surface area contributed by atoms with Crippen molar-refractivity contribution in [2.24, 2.45) is 0 Å². The van der Waals surface area contributed by atoms with Gasteiger partial charge in [0.05, 0.1) is 0 Å². The van der Waals surface area contributed by atoms with Gasteiger partial charge in [0.1, 0.15) is 11.9 Å². The lowest BCUT2D eigenvalue weighted by Gasteiger charge is -2.18. The van der Waals surface area contributed by atoms with E-state index < -0.39 is 0 Å². The average molecular weight is 273 g/mol. The van der Waals surface area contributed by atoms with Crippen LogP contribution in [0.25, 0.3) is 10.9 Å². The molecule has 0 bridgehead atoms. The molecule has 1 unspecified atom stereocenters. The number of aromatic nitrogens is 3. The Balaban J connectivity index is 1.95. The van der Waals surface area contributed by atoms with Gasteiger partial charge in [-0.2, -0.15) is 0 Å². The third-order valence-electron chi connectivity index (χ3n) is 3.80. The number of fused-ring (bicyclic) bond motifs is 1. The Morgan fingerprint density at radius 3 is 2.52 bits per heavy atom. The number of imidazole rings is 1. The minimum absolute atomic E-state index is 0.0566. The van der Waals surface area contributed by atoms with Crippen LogP contribution in [0.3, 0.4) is 0 Å². The monoisotopic (exact) mass is 273 g/mol. The zero-order chi connectivity index (χ0) is 14.1. The topological polar surface area (TPSA) is 33.6 Å². The number of hydrogen-bond donors (Lipinski definition) is 1. The lowest BCUT2D eigenvalue weighted by atomic mass is 10.1. The lowest BCUT2D eigenvalue weighted by molar-refractivity contribution is 0.666. The van der Waals surface area contributed by atoms with Crippen LogP contribution in [0.15, 0.2) is 79.3 Å². The van der Waals surface area contributed by atoms with Crippen molar-refractivity contribution in [1.29, 1.82) is 0 Å². The predicted molar refractivity (Wildman–Crippen MR) is 84.2 cm³/mol. The van der Waals surface area contributed by atoms with E-state index in [1.54, 1.807) is 6.20 Å². The first-order valence-corrected chi connectivity index (χ1v) is 7.03. The number of H-pyrrole nitrogens is 1. The van der Waals surface area contributed by atoms with Gasteiger partial charge in [0, 0.05) is 24.1 Å². The van der Waals surface area contributed by atoms with Crippen molar-refractivity contribution < 1.29 is 0 Å². The highest BCUT2D eigenvalue weighted by Gasteiger charge is 2.19. The van der Waals surface area contributed by atoms with E-state index in [4.69, 9.17) is 0 Å². The molecule has 2 heterocycles. The fourth-order valence-corrected chi connectivity index (χ4v) is 2.84. The van der Waals surface area contributed by atoms with Gasteiger partial charge in [-0.1, -0.05) is 48.5 Å². The summed E-state index contributed by atoms with van der Waals surface area (Å²) in [5.41, 5.74) is 2.43. The first-order chi connectivity index (χ1) is 10.4. The molecule has 0 aliphatic carbocycles. The maximum absolute atomic E-state index is 4.48. The SMILES string of the molecule is c1ccc(C(c2ncc[nH]2)n2ccc3ccccc32)cc1. The van der Waals surface area contributed by atoms with Crippen molar-refractivity contribution in [3.05, 3.63) is 90.6 Å². The Morgan fingerprint density at radius 1 is 0.905 bits per heavy atom. The van der Waals surface area contributed by atoms with Gasteiger partial charge in [0.2, 0.25) is 0 Å². The molecular formula is C18H15N3. The molecule has 0 aliphatic heterocycles. The van der Waals surface area contributed by atoms with Crippen molar-refractivity contribution in [2.45, 2.75) is 6.04 Å². The highest BCUT2D eigenvalue weighted by atomic mass is 15.1. The standard InChI is InChI=1S/C18H15N3/c1-2-7-15(8-3-1)17(18-19-11-12-20-18)21-13-10-14-6-4-5-9-16(14)21/h1-13,17H,(H,19,20). The molecule has 4 aromatic rings. The fraction of sp³-hybridized carbons (Fsp3) is 0.0556. The average Bonchev–Trinajstić information content (AvgIpc) is 3.20. The Morgan fingerprint density at radius 2 is 1.71 bits per heavy atom. The molecule has 21 heavy (non-hydrogen) atoms. The van der Waals surface area contributed by atoms with Gasteiger partial charge in [-0.25, -0.2) is 4.98 Å². The first-order valence-electron chi connectivity index (χ1n) is 7.03. The molecule has 2 aromatic carbocycles. The molecule has 3 nitrogen and oxygen atoms in total. The fourth-order valence-electron chi connectivity index (χ4n) is 2.84. The van der Waals surface area contributed by atoms with Crippen molar-refractivity contribution >= 4 is 10.9 Å². The highest BCUT2D eigenvalue weighted by Crippen LogP contribution is 2.28. The highest BCUT2D eigenvalue weighted by molar-refractivity contribution is 5.80. The molecule has 0 spiro atoms. The van der Waals surface area contributed by atoms with Crippen LogP contribution in [0.5, 0.6) is 0 Å². The predicted octanol–water partition coefficient (Wildman–Crippen LogP) is 4.00. The molecule has 102 valence electrons. The van der Waals surface area contributed by atoms with Crippen LogP contribution in [-0.2, 0) is 0 Å². The van der Waals surface area contributed by atoms with Crippen LogP contribution in [0.2, 0.25) is 0 Å². The van der Waals surface area contributed by atoms with E-state index in [1.165, 1.54) is 16.5 Å². The van der Waals surface area contributed by atoms with Crippen molar-refractivity contribution in [1.82, 2.24) is 14.5 Å². The van der Waals surface area contributed by atoms with E-state index in [0.29, 0.717) is 0 Å². The molecule has 1 atom stereocenters. The van der Waals surface area contributed by atoms with Crippen molar-refractivity contribution in [2.75, 3.05) is 0 Å². The number of hydrogen-bond acceptors (Lipinski definition) is 1.